The van der Waals surface area contributed by atoms with E-state index < -0.39 is 6.04 Å². The SMILES string of the molecule is CC(=O)N[C@@H]1C[C@H](N(C)C(C)C)CC[C@@H]1N1CCC(NC(=O)c2cccc(C(C)(C)C)n2)C1=O. The molecule has 1 aromatic heterocycles. The molecule has 1 unspecified atom stereocenters. The second-order valence-electron chi connectivity index (χ2n) is 11.1. The highest BCUT2D eigenvalue weighted by molar-refractivity contribution is 5.96. The van der Waals surface area contributed by atoms with E-state index in [0.717, 1.165) is 25.0 Å². The molecule has 0 spiro atoms. The van der Waals surface area contributed by atoms with Crippen LogP contribution in [0.15, 0.2) is 18.2 Å². The molecule has 1 aromatic rings. The van der Waals surface area contributed by atoms with E-state index in [4.69, 9.17) is 0 Å². The van der Waals surface area contributed by atoms with Crippen LogP contribution in [0.5, 0.6) is 0 Å². The van der Waals surface area contributed by atoms with Crippen LogP contribution in [0.25, 0.3) is 0 Å². The lowest BCUT2D eigenvalue weighted by atomic mass is 9.84. The number of likely N-dealkylation sites (tertiary alicyclic amines) is 1. The van der Waals surface area contributed by atoms with Gasteiger partial charge in [-0.2, -0.15) is 0 Å². The molecule has 4 atom stereocenters. The van der Waals surface area contributed by atoms with Gasteiger partial charge in [0, 0.05) is 36.7 Å². The van der Waals surface area contributed by atoms with Crippen molar-refractivity contribution < 1.29 is 14.4 Å². The van der Waals surface area contributed by atoms with E-state index in [1.54, 1.807) is 6.07 Å². The Morgan fingerprint density at radius 2 is 1.85 bits per heavy atom. The summed E-state index contributed by atoms with van der Waals surface area (Å²) in [5, 5.41) is 6.00. The number of hydrogen-bond acceptors (Lipinski definition) is 5. The van der Waals surface area contributed by atoms with Crippen molar-refractivity contribution in [1.29, 1.82) is 0 Å². The lowest BCUT2D eigenvalue weighted by Crippen LogP contribution is -2.58. The predicted molar refractivity (Wildman–Crippen MR) is 132 cm³/mol. The Kier molecular flexibility index (Phi) is 8.01. The maximum atomic E-state index is 13.3. The Balaban J connectivity index is 1.69. The van der Waals surface area contributed by atoms with E-state index >= 15 is 0 Å². The molecule has 3 amide bonds. The van der Waals surface area contributed by atoms with Crippen molar-refractivity contribution in [2.45, 2.75) is 103 Å². The molecule has 0 radical (unpaired) electrons. The second-order valence-corrected chi connectivity index (χ2v) is 11.1. The van der Waals surface area contributed by atoms with Gasteiger partial charge in [0.1, 0.15) is 11.7 Å². The van der Waals surface area contributed by atoms with Crippen LogP contribution in [-0.4, -0.2) is 76.3 Å². The van der Waals surface area contributed by atoms with Gasteiger partial charge < -0.3 is 20.4 Å². The van der Waals surface area contributed by atoms with Gasteiger partial charge in [-0.15, -0.1) is 0 Å². The fourth-order valence-corrected chi connectivity index (χ4v) is 5.09. The average molecular weight is 472 g/mol. The van der Waals surface area contributed by atoms with E-state index in [9.17, 15) is 14.4 Å². The number of nitrogens with zero attached hydrogens (tertiary/aromatic N) is 3. The van der Waals surface area contributed by atoms with Crippen molar-refractivity contribution in [2.24, 2.45) is 0 Å². The van der Waals surface area contributed by atoms with Crippen molar-refractivity contribution >= 4 is 17.7 Å². The highest BCUT2D eigenvalue weighted by Crippen LogP contribution is 2.30. The number of hydrogen-bond donors (Lipinski definition) is 2. The monoisotopic (exact) mass is 471 g/mol. The van der Waals surface area contributed by atoms with Crippen molar-refractivity contribution in [1.82, 2.24) is 25.4 Å². The molecule has 188 valence electrons. The Morgan fingerprint density at radius 1 is 1.15 bits per heavy atom. The third-order valence-electron chi connectivity index (χ3n) is 7.26. The van der Waals surface area contributed by atoms with Gasteiger partial charge in [0.2, 0.25) is 11.8 Å². The van der Waals surface area contributed by atoms with E-state index in [2.05, 4.69) is 62.2 Å². The first-order valence-electron chi connectivity index (χ1n) is 12.5. The zero-order chi connectivity index (χ0) is 25.2. The fourth-order valence-electron chi connectivity index (χ4n) is 5.09. The molecule has 1 aliphatic heterocycles. The Labute approximate surface area is 203 Å². The van der Waals surface area contributed by atoms with Gasteiger partial charge in [-0.1, -0.05) is 26.8 Å². The van der Waals surface area contributed by atoms with Crippen molar-refractivity contribution in [3.8, 4) is 0 Å². The molecular weight excluding hydrogens is 430 g/mol. The molecule has 34 heavy (non-hydrogen) atoms. The predicted octanol–water partition coefficient (Wildman–Crippen LogP) is 2.48. The molecule has 1 saturated heterocycles. The van der Waals surface area contributed by atoms with Gasteiger partial charge in [0.05, 0.1) is 12.1 Å². The van der Waals surface area contributed by atoms with Crippen molar-refractivity contribution in [2.75, 3.05) is 13.6 Å². The molecule has 2 fully saturated rings. The summed E-state index contributed by atoms with van der Waals surface area (Å²) in [6, 6.07) is 5.48. The van der Waals surface area contributed by atoms with Crippen LogP contribution in [0.1, 0.15) is 83.4 Å². The van der Waals surface area contributed by atoms with Gasteiger partial charge in [-0.05, 0) is 58.7 Å². The number of carbonyl (C=O) groups excluding carboxylic acids is 3. The van der Waals surface area contributed by atoms with Crippen LogP contribution in [0, 0.1) is 0 Å². The Bertz CT molecular complexity index is 910. The molecule has 2 N–H and O–H groups in total. The smallest absolute Gasteiger partial charge is 0.270 e. The lowest BCUT2D eigenvalue weighted by molar-refractivity contribution is -0.133. The van der Waals surface area contributed by atoms with Gasteiger partial charge in [-0.3, -0.25) is 14.4 Å². The van der Waals surface area contributed by atoms with Crippen molar-refractivity contribution in [3.05, 3.63) is 29.6 Å². The van der Waals surface area contributed by atoms with Crippen LogP contribution in [0.4, 0.5) is 0 Å². The lowest BCUT2D eigenvalue weighted by Gasteiger charge is -2.44. The zero-order valence-corrected chi connectivity index (χ0v) is 21.7. The third kappa shape index (κ3) is 5.95. The summed E-state index contributed by atoms with van der Waals surface area (Å²) >= 11 is 0. The molecule has 0 bridgehead atoms. The number of nitrogens with one attached hydrogen (secondary N) is 2. The number of aromatic nitrogens is 1. The minimum Gasteiger partial charge on any atom is -0.351 e. The molecule has 2 aliphatic rings. The summed E-state index contributed by atoms with van der Waals surface area (Å²) in [6.45, 7) is 12.6. The standard InChI is InChI=1S/C26H41N5O3/c1-16(2)30(7)18-11-12-22(21(15-18)27-17(3)32)31-14-13-20(25(31)34)29-24(33)19-9-8-10-23(28-19)26(4,5)6/h8-10,16,18,20-22H,11-15H2,1-7H3,(H,27,32)(H,29,33)/t18-,20?,21-,22+/m1/s1. The van der Waals surface area contributed by atoms with E-state index in [1.807, 2.05) is 17.0 Å². The zero-order valence-electron chi connectivity index (χ0n) is 21.7. The Morgan fingerprint density at radius 3 is 2.47 bits per heavy atom. The first kappa shape index (κ1) is 26.1. The normalized spacial score (nSPS) is 25.7. The van der Waals surface area contributed by atoms with Gasteiger partial charge >= 0.3 is 0 Å². The molecule has 1 aliphatic carbocycles. The maximum absolute atomic E-state index is 13.3. The highest BCUT2D eigenvalue weighted by atomic mass is 16.2. The molecule has 8 heteroatoms. The number of rotatable bonds is 6. The molecule has 3 rings (SSSR count). The molecule has 2 heterocycles. The summed E-state index contributed by atoms with van der Waals surface area (Å²) in [5.41, 5.74) is 0.991. The summed E-state index contributed by atoms with van der Waals surface area (Å²) in [4.78, 5) is 46.9. The molecule has 0 aromatic carbocycles. The molecule has 8 nitrogen and oxygen atoms in total. The quantitative estimate of drug-likeness (QED) is 0.665. The van der Waals surface area contributed by atoms with Crippen LogP contribution >= 0.6 is 0 Å². The van der Waals surface area contributed by atoms with E-state index in [0.29, 0.717) is 30.7 Å². The number of amides is 3. The number of carbonyl (C=O) groups is 3. The van der Waals surface area contributed by atoms with Crippen molar-refractivity contribution in [3.63, 3.8) is 0 Å². The first-order valence-corrected chi connectivity index (χ1v) is 12.5. The topological polar surface area (TPSA) is 94.6 Å². The van der Waals surface area contributed by atoms with Gasteiger partial charge in [-0.25, -0.2) is 4.98 Å². The average Bonchev–Trinajstić information content (AvgIpc) is 3.12. The summed E-state index contributed by atoms with van der Waals surface area (Å²) < 4.78 is 0. The Hall–Kier alpha value is -2.48. The van der Waals surface area contributed by atoms with Gasteiger partial charge in [0.15, 0.2) is 0 Å². The largest absolute Gasteiger partial charge is 0.351 e. The summed E-state index contributed by atoms with van der Waals surface area (Å²) in [5.74, 6) is -0.479. The minimum atomic E-state index is -0.568. The number of pyridine rings is 1. The van der Waals surface area contributed by atoms with E-state index in [1.165, 1.54) is 6.92 Å². The highest BCUT2D eigenvalue weighted by Gasteiger charge is 2.43. The van der Waals surface area contributed by atoms with Crippen LogP contribution < -0.4 is 10.6 Å². The second kappa shape index (κ2) is 10.4. The molecule has 1 saturated carbocycles. The van der Waals surface area contributed by atoms with Crippen LogP contribution in [0.3, 0.4) is 0 Å². The van der Waals surface area contributed by atoms with Crippen LogP contribution in [-0.2, 0) is 15.0 Å². The first-order chi connectivity index (χ1) is 15.9. The third-order valence-corrected chi connectivity index (χ3v) is 7.26. The van der Waals surface area contributed by atoms with Gasteiger partial charge in [0.25, 0.3) is 5.91 Å². The minimum absolute atomic E-state index is 0.0579. The van der Waals surface area contributed by atoms with E-state index in [-0.39, 0.29) is 35.2 Å². The molecular formula is C26H41N5O3. The fraction of sp³-hybridized carbons (Fsp3) is 0.692. The summed E-state index contributed by atoms with van der Waals surface area (Å²) in [6.07, 6.45) is 3.17. The van der Waals surface area contributed by atoms with Crippen LogP contribution in [0.2, 0.25) is 0 Å². The maximum Gasteiger partial charge on any atom is 0.270 e. The summed E-state index contributed by atoms with van der Waals surface area (Å²) in [7, 11) is 2.12.